The first-order valence-corrected chi connectivity index (χ1v) is 5.53. The van der Waals surface area contributed by atoms with Gasteiger partial charge in [-0.25, -0.2) is 0 Å². The summed E-state index contributed by atoms with van der Waals surface area (Å²) in [5, 5.41) is 2.84. The Balaban J connectivity index is 2.58. The van der Waals surface area contributed by atoms with Crippen LogP contribution >= 0.6 is 15.9 Å². The van der Waals surface area contributed by atoms with E-state index in [4.69, 9.17) is 0 Å². The van der Waals surface area contributed by atoms with Crippen molar-refractivity contribution < 1.29 is 4.79 Å². The molecule has 0 aliphatic carbocycles. The fraction of sp³-hybridized carbons (Fsp3) is 0.364. The van der Waals surface area contributed by atoms with Crippen molar-refractivity contribution in [2.75, 3.05) is 5.32 Å². The zero-order valence-corrected chi connectivity index (χ0v) is 9.91. The summed E-state index contributed by atoms with van der Waals surface area (Å²) in [5.74, 6) is 0.296. The van der Waals surface area contributed by atoms with Crippen LogP contribution in [0.15, 0.2) is 30.3 Å². The molecule has 0 aliphatic heterocycles. The summed E-state index contributed by atoms with van der Waals surface area (Å²) in [4.78, 5) is 11.5. The van der Waals surface area contributed by atoms with E-state index < -0.39 is 0 Å². The molecular weight excluding hydrogens is 242 g/mol. The second kappa shape index (κ2) is 5.15. The fourth-order valence-corrected chi connectivity index (χ4v) is 1.15. The Hall–Kier alpha value is -0.830. The van der Waals surface area contributed by atoms with Gasteiger partial charge in [0.1, 0.15) is 0 Å². The summed E-state index contributed by atoms with van der Waals surface area (Å²) in [6.07, 6.45) is 0. The van der Waals surface area contributed by atoms with E-state index in [-0.39, 0.29) is 10.7 Å². The molecule has 0 aromatic heterocycles. The standard InChI is InChI=1S/C11H14BrNO/c1-8(2)10(12)11(14)13-9-6-4-3-5-7-9/h3-8,10H,1-2H3,(H,13,14)/t10-/m0/s1. The highest BCUT2D eigenvalue weighted by Gasteiger charge is 2.18. The maximum absolute atomic E-state index is 11.6. The zero-order chi connectivity index (χ0) is 10.6. The van der Waals surface area contributed by atoms with Gasteiger partial charge in [0.05, 0.1) is 4.83 Å². The van der Waals surface area contributed by atoms with Crippen molar-refractivity contribution in [1.82, 2.24) is 0 Å². The van der Waals surface area contributed by atoms with Crippen molar-refractivity contribution >= 4 is 27.5 Å². The molecule has 1 N–H and O–H groups in total. The molecule has 14 heavy (non-hydrogen) atoms. The number of para-hydroxylation sites is 1. The Morgan fingerprint density at radius 1 is 1.29 bits per heavy atom. The van der Waals surface area contributed by atoms with Crippen LogP contribution in [0.25, 0.3) is 0 Å². The minimum Gasteiger partial charge on any atom is -0.325 e. The molecule has 1 atom stereocenters. The number of carbonyl (C=O) groups excluding carboxylic acids is 1. The molecule has 1 aromatic carbocycles. The minimum atomic E-state index is -0.136. The molecule has 1 amide bonds. The highest BCUT2D eigenvalue weighted by molar-refractivity contribution is 9.10. The number of nitrogens with one attached hydrogen (secondary N) is 1. The number of benzene rings is 1. The van der Waals surface area contributed by atoms with Gasteiger partial charge in [0.15, 0.2) is 0 Å². The minimum absolute atomic E-state index is 0.00574. The van der Waals surface area contributed by atoms with Crippen molar-refractivity contribution in [1.29, 1.82) is 0 Å². The van der Waals surface area contributed by atoms with Crippen LogP contribution in [0, 0.1) is 5.92 Å². The quantitative estimate of drug-likeness (QED) is 0.827. The second-order valence-electron chi connectivity index (χ2n) is 3.50. The Labute approximate surface area is 92.8 Å². The lowest BCUT2D eigenvalue weighted by Crippen LogP contribution is -2.26. The SMILES string of the molecule is CC(C)[C@H](Br)C(=O)Nc1ccccc1. The Bertz CT molecular complexity index is 297. The summed E-state index contributed by atoms with van der Waals surface area (Å²) < 4.78 is 0. The smallest absolute Gasteiger partial charge is 0.238 e. The van der Waals surface area contributed by atoms with E-state index >= 15 is 0 Å². The normalized spacial score (nSPS) is 12.6. The molecule has 0 heterocycles. The first-order chi connectivity index (χ1) is 6.61. The first-order valence-electron chi connectivity index (χ1n) is 4.61. The molecule has 3 heteroatoms. The highest BCUT2D eigenvalue weighted by Crippen LogP contribution is 2.15. The van der Waals surface area contributed by atoms with E-state index in [0.29, 0.717) is 5.92 Å². The molecule has 2 nitrogen and oxygen atoms in total. The number of rotatable bonds is 3. The lowest BCUT2D eigenvalue weighted by atomic mass is 10.1. The van der Waals surface area contributed by atoms with Gasteiger partial charge in [-0.2, -0.15) is 0 Å². The van der Waals surface area contributed by atoms with Gasteiger partial charge >= 0.3 is 0 Å². The van der Waals surface area contributed by atoms with E-state index in [1.54, 1.807) is 0 Å². The van der Waals surface area contributed by atoms with Crippen LogP contribution in [0.2, 0.25) is 0 Å². The molecule has 0 bridgehead atoms. The summed E-state index contributed by atoms with van der Waals surface area (Å²) in [6, 6.07) is 9.46. The molecule has 76 valence electrons. The maximum Gasteiger partial charge on any atom is 0.238 e. The lowest BCUT2D eigenvalue weighted by Gasteiger charge is -2.13. The van der Waals surface area contributed by atoms with Crippen molar-refractivity contribution in [3.8, 4) is 0 Å². The average Bonchev–Trinajstić information content (AvgIpc) is 2.18. The van der Waals surface area contributed by atoms with E-state index in [2.05, 4.69) is 21.2 Å². The van der Waals surface area contributed by atoms with E-state index in [1.165, 1.54) is 0 Å². The molecule has 1 aromatic rings. The second-order valence-corrected chi connectivity index (χ2v) is 4.49. The summed E-state index contributed by atoms with van der Waals surface area (Å²) in [7, 11) is 0. The van der Waals surface area contributed by atoms with Crippen LogP contribution in [-0.4, -0.2) is 10.7 Å². The molecule has 0 aliphatic rings. The molecule has 0 saturated carbocycles. The monoisotopic (exact) mass is 255 g/mol. The van der Waals surface area contributed by atoms with Gasteiger partial charge in [-0.15, -0.1) is 0 Å². The highest BCUT2D eigenvalue weighted by atomic mass is 79.9. The topological polar surface area (TPSA) is 29.1 Å². The molecule has 1 rings (SSSR count). The third kappa shape index (κ3) is 3.14. The Morgan fingerprint density at radius 3 is 2.36 bits per heavy atom. The van der Waals surface area contributed by atoms with Crippen LogP contribution in [-0.2, 0) is 4.79 Å². The van der Waals surface area contributed by atoms with Gasteiger partial charge in [-0.1, -0.05) is 48.0 Å². The fourth-order valence-electron chi connectivity index (χ4n) is 1.04. The van der Waals surface area contributed by atoms with Crippen LogP contribution in [0.5, 0.6) is 0 Å². The number of anilines is 1. The van der Waals surface area contributed by atoms with Crippen molar-refractivity contribution in [2.24, 2.45) is 5.92 Å². The van der Waals surface area contributed by atoms with Gasteiger partial charge in [0.25, 0.3) is 0 Å². The molecule has 0 saturated heterocycles. The van der Waals surface area contributed by atoms with E-state index in [9.17, 15) is 4.79 Å². The molecule has 0 fully saturated rings. The third-order valence-corrected chi connectivity index (χ3v) is 3.35. The van der Waals surface area contributed by atoms with Gasteiger partial charge in [0.2, 0.25) is 5.91 Å². The maximum atomic E-state index is 11.6. The molecule has 0 spiro atoms. The van der Waals surface area contributed by atoms with Gasteiger partial charge < -0.3 is 5.32 Å². The predicted molar refractivity (Wildman–Crippen MR) is 62.6 cm³/mol. The number of hydrogen-bond acceptors (Lipinski definition) is 1. The predicted octanol–water partition coefficient (Wildman–Crippen LogP) is 3.04. The van der Waals surface area contributed by atoms with E-state index in [0.717, 1.165) is 5.69 Å². The molecular formula is C11H14BrNO. The van der Waals surface area contributed by atoms with Crippen molar-refractivity contribution in [3.05, 3.63) is 30.3 Å². The molecule has 0 radical (unpaired) electrons. The summed E-state index contributed by atoms with van der Waals surface area (Å²) in [6.45, 7) is 4.01. The Morgan fingerprint density at radius 2 is 1.86 bits per heavy atom. The molecule has 0 unspecified atom stereocenters. The van der Waals surface area contributed by atoms with Gasteiger partial charge in [0, 0.05) is 5.69 Å². The van der Waals surface area contributed by atoms with Crippen LogP contribution in [0.3, 0.4) is 0 Å². The third-order valence-electron chi connectivity index (χ3n) is 1.88. The van der Waals surface area contributed by atoms with Crippen molar-refractivity contribution in [2.45, 2.75) is 18.7 Å². The van der Waals surface area contributed by atoms with Crippen molar-refractivity contribution in [3.63, 3.8) is 0 Å². The van der Waals surface area contributed by atoms with E-state index in [1.807, 2.05) is 44.2 Å². The number of halogens is 1. The van der Waals surface area contributed by atoms with Gasteiger partial charge in [-0.3, -0.25) is 4.79 Å². The largest absolute Gasteiger partial charge is 0.325 e. The first kappa shape index (κ1) is 11.2. The summed E-state index contributed by atoms with van der Waals surface area (Å²) >= 11 is 3.35. The van der Waals surface area contributed by atoms with Crippen LogP contribution in [0.1, 0.15) is 13.8 Å². The summed E-state index contributed by atoms with van der Waals surface area (Å²) in [5.41, 5.74) is 0.836. The average molecular weight is 256 g/mol. The number of amides is 1. The van der Waals surface area contributed by atoms with Gasteiger partial charge in [-0.05, 0) is 18.1 Å². The zero-order valence-electron chi connectivity index (χ0n) is 8.33. The van der Waals surface area contributed by atoms with Crippen LogP contribution < -0.4 is 5.32 Å². The lowest BCUT2D eigenvalue weighted by molar-refractivity contribution is -0.116. The number of hydrogen-bond donors (Lipinski definition) is 1. The Kier molecular flexibility index (Phi) is 4.14. The van der Waals surface area contributed by atoms with Crippen LogP contribution in [0.4, 0.5) is 5.69 Å². The number of alkyl halides is 1. The number of carbonyl (C=O) groups is 1.